The number of thioether (sulfide) groups is 1. The third kappa shape index (κ3) is 2.78. The van der Waals surface area contributed by atoms with Crippen LogP contribution >= 0.6 is 11.8 Å². The van der Waals surface area contributed by atoms with E-state index in [2.05, 4.69) is 29.0 Å². The van der Waals surface area contributed by atoms with Crippen LogP contribution in [0.15, 0.2) is 12.3 Å². The molecule has 1 saturated heterocycles. The van der Waals surface area contributed by atoms with Crippen LogP contribution in [-0.2, 0) is 6.54 Å². The van der Waals surface area contributed by atoms with Gasteiger partial charge in [-0.25, -0.2) is 9.37 Å². The van der Waals surface area contributed by atoms with Gasteiger partial charge in [0, 0.05) is 35.7 Å². The van der Waals surface area contributed by atoms with Gasteiger partial charge < -0.3 is 10.2 Å². The van der Waals surface area contributed by atoms with Gasteiger partial charge in [-0.05, 0) is 20.0 Å². The first-order valence-corrected chi connectivity index (χ1v) is 7.35. The standard InChI is InChI=1S/C13H20FN3S/c1-9-10(2)18-5-4-17(9)13-11(7-15-3)6-12(14)8-16-13/h6,8-10,15H,4-5,7H2,1-3H3. The Hall–Kier alpha value is -0.810. The SMILES string of the molecule is CNCc1cc(F)cnc1N1CCSC(C)C1C. The Morgan fingerprint density at radius 3 is 3.06 bits per heavy atom. The summed E-state index contributed by atoms with van der Waals surface area (Å²) in [5.41, 5.74) is 0.934. The predicted molar refractivity (Wildman–Crippen MR) is 75.7 cm³/mol. The zero-order valence-corrected chi connectivity index (χ0v) is 11.9. The summed E-state index contributed by atoms with van der Waals surface area (Å²) in [6, 6.07) is 2.01. The number of aromatic nitrogens is 1. The van der Waals surface area contributed by atoms with Crippen molar-refractivity contribution in [2.45, 2.75) is 31.7 Å². The molecule has 0 bridgehead atoms. The predicted octanol–water partition coefficient (Wildman–Crippen LogP) is 2.27. The van der Waals surface area contributed by atoms with E-state index in [1.807, 2.05) is 18.8 Å². The first-order valence-electron chi connectivity index (χ1n) is 6.30. The van der Waals surface area contributed by atoms with Gasteiger partial charge >= 0.3 is 0 Å². The van der Waals surface area contributed by atoms with Gasteiger partial charge in [-0.3, -0.25) is 0 Å². The zero-order chi connectivity index (χ0) is 13.1. The highest BCUT2D eigenvalue weighted by Crippen LogP contribution is 2.30. The number of pyridine rings is 1. The second-order valence-electron chi connectivity index (χ2n) is 4.68. The molecule has 0 saturated carbocycles. The van der Waals surface area contributed by atoms with Crippen molar-refractivity contribution in [1.29, 1.82) is 0 Å². The first-order chi connectivity index (χ1) is 8.63. The summed E-state index contributed by atoms with van der Waals surface area (Å²) < 4.78 is 13.3. The molecule has 1 aromatic heterocycles. The third-order valence-corrected chi connectivity index (χ3v) is 4.77. The molecule has 100 valence electrons. The van der Waals surface area contributed by atoms with E-state index >= 15 is 0 Å². The summed E-state index contributed by atoms with van der Waals surface area (Å²) >= 11 is 1.99. The Bertz CT molecular complexity index is 413. The van der Waals surface area contributed by atoms with E-state index in [-0.39, 0.29) is 5.82 Å². The summed E-state index contributed by atoms with van der Waals surface area (Å²) in [6.45, 7) is 6.07. The molecule has 0 spiro atoms. The van der Waals surface area contributed by atoms with Crippen LogP contribution in [0.5, 0.6) is 0 Å². The van der Waals surface area contributed by atoms with E-state index in [1.54, 1.807) is 6.07 Å². The summed E-state index contributed by atoms with van der Waals surface area (Å²) in [5, 5.41) is 3.66. The highest BCUT2D eigenvalue weighted by molar-refractivity contribution is 8.00. The van der Waals surface area contributed by atoms with Gasteiger partial charge in [0.25, 0.3) is 0 Å². The van der Waals surface area contributed by atoms with Crippen LogP contribution in [0.3, 0.4) is 0 Å². The minimum Gasteiger partial charge on any atom is -0.352 e. The minimum absolute atomic E-state index is 0.268. The minimum atomic E-state index is -0.268. The second kappa shape index (κ2) is 5.89. The fourth-order valence-electron chi connectivity index (χ4n) is 2.29. The van der Waals surface area contributed by atoms with Crippen LogP contribution in [0, 0.1) is 5.82 Å². The molecule has 1 aliphatic rings. The number of rotatable bonds is 3. The van der Waals surface area contributed by atoms with Crippen molar-refractivity contribution in [3.8, 4) is 0 Å². The number of halogens is 1. The molecule has 1 aromatic rings. The van der Waals surface area contributed by atoms with Gasteiger partial charge in [-0.15, -0.1) is 0 Å². The average Bonchev–Trinajstić information content (AvgIpc) is 2.34. The van der Waals surface area contributed by atoms with Crippen LogP contribution in [0.1, 0.15) is 19.4 Å². The molecule has 1 N–H and O–H groups in total. The van der Waals surface area contributed by atoms with Gasteiger partial charge in [0.1, 0.15) is 11.6 Å². The molecule has 5 heteroatoms. The van der Waals surface area contributed by atoms with E-state index in [9.17, 15) is 4.39 Å². The molecule has 0 aliphatic carbocycles. The van der Waals surface area contributed by atoms with Crippen molar-refractivity contribution in [3.05, 3.63) is 23.6 Å². The summed E-state index contributed by atoms with van der Waals surface area (Å²) in [4.78, 5) is 6.61. The van der Waals surface area contributed by atoms with E-state index < -0.39 is 0 Å². The van der Waals surface area contributed by atoms with Crippen molar-refractivity contribution in [1.82, 2.24) is 10.3 Å². The lowest BCUT2D eigenvalue weighted by Gasteiger charge is -2.39. The topological polar surface area (TPSA) is 28.2 Å². The van der Waals surface area contributed by atoms with E-state index in [0.29, 0.717) is 17.8 Å². The molecular weight excluding hydrogens is 249 g/mol. The Morgan fingerprint density at radius 2 is 2.33 bits per heavy atom. The molecule has 1 aliphatic heterocycles. The molecule has 0 radical (unpaired) electrons. The fraction of sp³-hybridized carbons (Fsp3) is 0.615. The first kappa shape index (κ1) is 13.6. The van der Waals surface area contributed by atoms with Crippen molar-refractivity contribution in [2.24, 2.45) is 0 Å². The number of hydrogen-bond acceptors (Lipinski definition) is 4. The normalized spacial score (nSPS) is 24.3. The van der Waals surface area contributed by atoms with Crippen molar-refractivity contribution in [3.63, 3.8) is 0 Å². The van der Waals surface area contributed by atoms with Gasteiger partial charge in [-0.2, -0.15) is 11.8 Å². The molecule has 2 unspecified atom stereocenters. The Morgan fingerprint density at radius 1 is 1.56 bits per heavy atom. The molecule has 18 heavy (non-hydrogen) atoms. The van der Waals surface area contributed by atoms with Crippen molar-refractivity contribution >= 4 is 17.6 Å². The molecule has 0 aromatic carbocycles. The van der Waals surface area contributed by atoms with Crippen LogP contribution in [0.2, 0.25) is 0 Å². The Balaban J connectivity index is 2.31. The van der Waals surface area contributed by atoms with E-state index in [0.717, 1.165) is 23.7 Å². The van der Waals surface area contributed by atoms with Crippen LogP contribution in [0.4, 0.5) is 10.2 Å². The maximum atomic E-state index is 13.3. The summed E-state index contributed by atoms with van der Waals surface area (Å²) in [7, 11) is 1.87. The van der Waals surface area contributed by atoms with Crippen molar-refractivity contribution < 1.29 is 4.39 Å². The van der Waals surface area contributed by atoms with E-state index in [1.165, 1.54) is 6.20 Å². The molecule has 2 atom stereocenters. The van der Waals surface area contributed by atoms with Gasteiger partial charge in [0.15, 0.2) is 0 Å². The third-order valence-electron chi connectivity index (χ3n) is 3.43. The molecule has 2 heterocycles. The molecule has 1 fully saturated rings. The van der Waals surface area contributed by atoms with Gasteiger partial charge in [0.05, 0.1) is 6.20 Å². The summed E-state index contributed by atoms with van der Waals surface area (Å²) in [6.07, 6.45) is 1.31. The smallest absolute Gasteiger partial charge is 0.141 e. The lowest BCUT2D eigenvalue weighted by molar-refractivity contribution is 0.596. The van der Waals surface area contributed by atoms with Gasteiger partial charge in [0.2, 0.25) is 0 Å². The maximum absolute atomic E-state index is 13.3. The monoisotopic (exact) mass is 269 g/mol. The largest absolute Gasteiger partial charge is 0.352 e. The maximum Gasteiger partial charge on any atom is 0.141 e. The number of nitrogens with one attached hydrogen (secondary N) is 1. The molecular formula is C13H20FN3S. The number of nitrogens with zero attached hydrogens (tertiary/aromatic N) is 2. The highest BCUT2D eigenvalue weighted by Gasteiger charge is 2.27. The van der Waals surface area contributed by atoms with Gasteiger partial charge in [-0.1, -0.05) is 6.92 Å². The van der Waals surface area contributed by atoms with Crippen LogP contribution < -0.4 is 10.2 Å². The lowest BCUT2D eigenvalue weighted by atomic mass is 10.1. The molecule has 0 amide bonds. The van der Waals surface area contributed by atoms with Crippen molar-refractivity contribution in [2.75, 3.05) is 24.2 Å². The Kier molecular flexibility index (Phi) is 4.45. The highest BCUT2D eigenvalue weighted by atomic mass is 32.2. The zero-order valence-electron chi connectivity index (χ0n) is 11.1. The van der Waals surface area contributed by atoms with E-state index in [4.69, 9.17) is 0 Å². The second-order valence-corrected chi connectivity index (χ2v) is 6.16. The number of anilines is 1. The Labute approximate surface area is 112 Å². The van der Waals surface area contributed by atoms with Crippen LogP contribution in [-0.4, -0.2) is 35.6 Å². The van der Waals surface area contributed by atoms with Crippen LogP contribution in [0.25, 0.3) is 0 Å². The molecule has 3 nitrogen and oxygen atoms in total. The lowest BCUT2D eigenvalue weighted by Crippen LogP contribution is -2.45. The fourth-order valence-corrected chi connectivity index (χ4v) is 3.38. The number of hydrogen-bond donors (Lipinski definition) is 1. The molecule has 2 rings (SSSR count). The quantitative estimate of drug-likeness (QED) is 0.911. The summed E-state index contributed by atoms with van der Waals surface area (Å²) in [5.74, 6) is 1.75. The average molecular weight is 269 g/mol.